The van der Waals surface area contributed by atoms with Gasteiger partial charge in [0.15, 0.2) is 0 Å². The van der Waals surface area contributed by atoms with Gasteiger partial charge in [-0.1, -0.05) is 30.7 Å². The minimum absolute atomic E-state index is 0.0270. The molecule has 0 fully saturated rings. The lowest BCUT2D eigenvalue weighted by molar-refractivity contribution is 0.415. The fourth-order valence-electron chi connectivity index (χ4n) is 2.38. The Morgan fingerprint density at radius 2 is 1.89 bits per heavy atom. The van der Waals surface area contributed by atoms with Gasteiger partial charge in [-0.05, 0) is 44.0 Å². The Morgan fingerprint density at radius 1 is 1.26 bits per heavy atom. The average molecular weight is 278 g/mol. The Morgan fingerprint density at radius 3 is 2.37 bits per heavy atom. The van der Waals surface area contributed by atoms with Crippen molar-refractivity contribution >= 4 is 11.6 Å². The summed E-state index contributed by atoms with van der Waals surface area (Å²) in [7, 11) is 0. The van der Waals surface area contributed by atoms with Crippen molar-refractivity contribution in [2.75, 3.05) is 0 Å². The van der Waals surface area contributed by atoms with Crippen LogP contribution in [0.5, 0.6) is 0 Å². The second-order valence-corrected chi connectivity index (χ2v) is 5.38. The molecule has 2 unspecified atom stereocenters. The molecule has 1 aromatic carbocycles. The van der Waals surface area contributed by atoms with Gasteiger partial charge in [0.1, 0.15) is 0 Å². The molecule has 0 aliphatic heterocycles. The predicted octanol–water partition coefficient (Wildman–Crippen LogP) is 3.48. The van der Waals surface area contributed by atoms with Crippen molar-refractivity contribution < 1.29 is 0 Å². The van der Waals surface area contributed by atoms with Gasteiger partial charge >= 0.3 is 0 Å². The molecule has 0 bridgehead atoms. The minimum atomic E-state index is 0.0270. The van der Waals surface area contributed by atoms with Crippen molar-refractivity contribution in [1.29, 1.82) is 0 Å². The Labute approximate surface area is 119 Å². The van der Waals surface area contributed by atoms with Crippen LogP contribution in [0.25, 0.3) is 0 Å². The highest BCUT2D eigenvalue weighted by Crippen LogP contribution is 2.25. The van der Waals surface area contributed by atoms with Crippen molar-refractivity contribution in [2.24, 2.45) is 5.73 Å². The maximum absolute atomic E-state index is 6.30. The molecule has 3 nitrogen and oxygen atoms in total. The SMILES string of the molecule is CCC(N)C(c1ccc(Cl)cc1)n1nc(C)cc1C. The molecule has 2 aromatic rings. The van der Waals surface area contributed by atoms with Crippen LogP contribution >= 0.6 is 11.6 Å². The third-order valence-corrected chi connectivity index (χ3v) is 3.65. The first kappa shape index (κ1) is 14.1. The quantitative estimate of drug-likeness (QED) is 0.930. The number of hydrogen-bond acceptors (Lipinski definition) is 2. The average Bonchev–Trinajstić information content (AvgIpc) is 2.71. The van der Waals surface area contributed by atoms with Crippen LogP contribution in [0.1, 0.15) is 36.3 Å². The molecule has 102 valence electrons. The third kappa shape index (κ3) is 2.99. The van der Waals surface area contributed by atoms with Crippen LogP contribution in [-0.4, -0.2) is 15.8 Å². The molecule has 2 atom stereocenters. The van der Waals surface area contributed by atoms with Crippen molar-refractivity contribution in [3.8, 4) is 0 Å². The van der Waals surface area contributed by atoms with Crippen LogP contribution in [0.3, 0.4) is 0 Å². The zero-order valence-corrected chi connectivity index (χ0v) is 12.4. The maximum Gasteiger partial charge on any atom is 0.0922 e. The maximum atomic E-state index is 6.30. The topological polar surface area (TPSA) is 43.8 Å². The number of nitrogens with zero attached hydrogens (tertiary/aromatic N) is 2. The van der Waals surface area contributed by atoms with E-state index in [0.717, 1.165) is 28.4 Å². The second kappa shape index (κ2) is 5.76. The molecule has 0 amide bonds. The first-order chi connectivity index (χ1) is 9.02. The number of rotatable bonds is 4. The zero-order valence-electron chi connectivity index (χ0n) is 11.6. The number of benzene rings is 1. The van der Waals surface area contributed by atoms with Gasteiger partial charge in [0.25, 0.3) is 0 Å². The Kier molecular flexibility index (Phi) is 4.27. The number of hydrogen-bond donors (Lipinski definition) is 1. The van der Waals surface area contributed by atoms with Crippen LogP contribution in [0, 0.1) is 13.8 Å². The van der Waals surface area contributed by atoms with Gasteiger partial charge in [0.2, 0.25) is 0 Å². The largest absolute Gasteiger partial charge is 0.326 e. The molecule has 4 heteroatoms. The molecule has 1 aromatic heterocycles. The summed E-state index contributed by atoms with van der Waals surface area (Å²) in [6, 6.07) is 10.0. The number of nitrogens with two attached hydrogens (primary N) is 1. The smallest absolute Gasteiger partial charge is 0.0922 e. The lowest BCUT2D eigenvalue weighted by Crippen LogP contribution is -2.33. The van der Waals surface area contributed by atoms with E-state index in [2.05, 4.69) is 25.0 Å². The Hall–Kier alpha value is -1.32. The van der Waals surface area contributed by atoms with E-state index in [1.165, 1.54) is 0 Å². The van der Waals surface area contributed by atoms with E-state index in [4.69, 9.17) is 17.3 Å². The number of halogens is 1. The van der Waals surface area contributed by atoms with Crippen molar-refractivity contribution in [1.82, 2.24) is 9.78 Å². The van der Waals surface area contributed by atoms with Crippen molar-refractivity contribution in [3.63, 3.8) is 0 Å². The molecule has 0 aliphatic rings. The summed E-state index contributed by atoms with van der Waals surface area (Å²) in [6.45, 7) is 6.16. The van der Waals surface area contributed by atoms with E-state index in [0.29, 0.717) is 0 Å². The van der Waals surface area contributed by atoms with Crippen LogP contribution in [0.2, 0.25) is 5.02 Å². The molecule has 1 heterocycles. The van der Waals surface area contributed by atoms with E-state index in [1.807, 2.05) is 35.9 Å². The summed E-state index contributed by atoms with van der Waals surface area (Å²) in [5.41, 5.74) is 9.59. The van der Waals surface area contributed by atoms with E-state index >= 15 is 0 Å². The summed E-state index contributed by atoms with van der Waals surface area (Å²) in [5.74, 6) is 0. The van der Waals surface area contributed by atoms with Gasteiger partial charge in [-0.15, -0.1) is 0 Å². The van der Waals surface area contributed by atoms with Crippen LogP contribution < -0.4 is 5.73 Å². The fraction of sp³-hybridized carbons (Fsp3) is 0.400. The number of aromatic nitrogens is 2. The molecular weight excluding hydrogens is 258 g/mol. The molecule has 19 heavy (non-hydrogen) atoms. The standard InChI is InChI=1S/C15H20ClN3/c1-4-14(17)15(12-5-7-13(16)8-6-12)19-11(3)9-10(2)18-19/h5-9,14-15H,4,17H2,1-3H3. The number of aryl methyl sites for hydroxylation is 2. The van der Waals surface area contributed by atoms with Gasteiger partial charge in [-0.25, -0.2) is 0 Å². The van der Waals surface area contributed by atoms with Crippen LogP contribution in [0.15, 0.2) is 30.3 Å². The molecule has 0 aliphatic carbocycles. The Balaban J connectivity index is 2.47. The Bertz CT molecular complexity index is 545. The van der Waals surface area contributed by atoms with Crippen molar-refractivity contribution in [3.05, 3.63) is 52.3 Å². The molecule has 0 saturated carbocycles. The minimum Gasteiger partial charge on any atom is -0.326 e. The summed E-state index contributed by atoms with van der Waals surface area (Å²) in [6.07, 6.45) is 0.894. The highest BCUT2D eigenvalue weighted by molar-refractivity contribution is 6.30. The first-order valence-corrected chi connectivity index (χ1v) is 6.94. The van der Waals surface area contributed by atoms with Gasteiger partial charge in [0, 0.05) is 16.8 Å². The fourth-order valence-corrected chi connectivity index (χ4v) is 2.51. The summed E-state index contributed by atoms with van der Waals surface area (Å²) in [4.78, 5) is 0. The molecule has 0 spiro atoms. The summed E-state index contributed by atoms with van der Waals surface area (Å²) < 4.78 is 2.02. The van der Waals surface area contributed by atoms with Gasteiger partial charge in [-0.3, -0.25) is 4.68 Å². The lowest BCUT2D eigenvalue weighted by Gasteiger charge is -2.25. The zero-order chi connectivity index (χ0) is 14.0. The van der Waals surface area contributed by atoms with E-state index in [1.54, 1.807) is 0 Å². The summed E-state index contributed by atoms with van der Waals surface area (Å²) >= 11 is 5.96. The van der Waals surface area contributed by atoms with Gasteiger partial charge < -0.3 is 5.73 Å². The third-order valence-electron chi connectivity index (χ3n) is 3.40. The van der Waals surface area contributed by atoms with Crippen LogP contribution in [0.4, 0.5) is 0 Å². The van der Waals surface area contributed by atoms with Gasteiger partial charge in [-0.2, -0.15) is 5.10 Å². The van der Waals surface area contributed by atoms with Crippen LogP contribution in [-0.2, 0) is 0 Å². The second-order valence-electron chi connectivity index (χ2n) is 4.94. The van der Waals surface area contributed by atoms with E-state index < -0.39 is 0 Å². The molecule has 2 rings (SSSR count). The lowest BCUT2D eigenvalue weighted by atomic mass is 9.98. The predicted molar refractivity (Wildman–Crippen MR) is 79.6 cm³/mol. The van der Waals surface area contributed by atoms with Gasteiger partial charge in [0.05, 0.1) is 11.7 Å². The normalized spacial score (nSPS) is 14.4. The highest BCUT2D eigenvalue weighted by Gasteiger charge is 2.22. The van der Waals surface area contributed by atoms with Crippen molar-refractivity contribution in [2.45, 2.75) is 39.3 Å². The molecular formula is C15H20ClN3. The molecule has 0 radical (unpaired) electrons. The molecule has 2 N–H and O–H groups in total. The summed E-state index contributed by atoms with van der Waals surface area (Å²) in [5, 5.41) is 5.32. The monoisotopic (exact) mass is 277 g/mol. The molecule has 0 saturated heterocycles. The van der Waals surface area contributed by atoms with E-state index in [-0.39, 0.29) is 12.1 Å². The van der Waals surface area contributed by atoms with E-state index in [9.17, 15) is 0 Å². The highest BCUT2D eigenvalue weighted by atomic mass is 35.5. The first-order valence-electron chi connectivity index (χ1n) is 6.56.